The third-order valence-corrected chi connectivity index (χ3v) is 5.65. The summed E-state index contributed by atoms with van der Waals surface area (Å²) >= 11 is 0. The second-order valence-electron chi connectivity index (χ2n) is 8.23. The molecule has 0 rings (SSSR count). The summed E-state index contributed by atoms with van der Waals surface area (Å²) in [4.78, 5) is 11.9. The zero-order chi connectivity index (χ0) is 25.1. The lowest BCUT2D eigenvalue weighted by atomic mass is 10.0. The van der Waals surface area contributed by atoms with Gasteiger partial charge in [-0.3, -0.25) is 9.35 Å². The predicted octanol–water partition coefficient (Wildman–Crippen LogP) is 1.62. The quantitative estimate of drug-likeness (QED) is 0.0782. The summed E-state index contributed by atoms with van der Waals surface area (Å²) in [7, 11) is -4.85. The van der Waals surface area contributed by atoms with Crippen molar-refractivity contribution >= 4 is 16.3 Å². The number of nitrogens with one attached hydrogen (secondary N) is 1. The maximum absolute atomic E-state index is 11.9. The number of carbonyl (C=O) groups is 1. The van der Waals surface area contributed by atoms with Gasteiger partial charge in [0.1, 0.15) is 18.3 Å². The summed E-state index contributed by atoms with van der Waals surface area (Å²) in [5.74, 6) is -0.929. The van der Waals surface area contributed by atoms with Crippen LogP contribution in [0.25, 0.3) is 0 Å². The van der Waals surface area contributed by atoms with Crippen molar-refractivity contribution < 1.29 is 42.4 Å². The highest BCUT2D eigenvalue weighted by atomic mass is 32.3. The number of unbranched alkanes of at least 4 members (excludes halogenated alkanes) is 10. The zero-order valence-corrected chi connectivity index (χ0v) is 20.5. The van der Waals surface area contributed by atoms with Crippen LogP contribution in [0.15, 0.2) is 12.2 Å². The second kappa shape index (κ2) is 19.2. The lowest BCUT2D eigenvalue weighted by molar-refractivity contribution is -0.148. The average molecular weight is 498 g/mol. The predicted molar refractivity (Wildman–Crippen MR) is 125 cm³/mol. The normalized spacial score (nSPS) is 15.9. The van der Waals surface area contributed by atoms with E-state index in [1.807, 2.05) is 0 Å². The molecule has 0 saturated heterocycles. The minimum atomic E-state index is -4.85. The molecule has 0 aromatic rings. The molecular formula is C22H43NO9S. The van der Waals surface area contributed by atoms with Crippen molar-refractivity contribution in [2.45, 2.75) is 108 Å². The molecule has 0 aliphatic rings. The van der Waals surface area contributed by atoms with Crippen LogP contribution >= 0.6 is 0 Å². The molecule has 1 amide bonds. The second-order valence-corrected chi connectivity index (χ2v) is 9.32. The molecule has 0 aliphatic heterocycles. The third-order valence-electron chi connectivity index (χ3n) is 5.21. The van der Waals surface area contributed by atoms with Crippen molar-refractivity contribution in [3.05, 3.63) is 12.2 Å². The van der Waals surface area contributed by atoms with Gasteiger partial charge in [0.15, 0.2) is 6.10 Å². The molecule has 196 valence electrons. The lowest BCUT2D eigenvalue weighted by Crippen LogP contribution is -2.52. The number of amides is 1. The molecule has 0 aromatic carbocycles. The van der Waals surface area contributed by atoms with Gasteiger partial charge in [-0.2, -0.15) is 8.42 Å². The maximum atomic E-state index is 11.9. The minimum absolute atomic E-state index is 0.279. The molecule has 0 aromatic heterocycles. The fourth-order valence-electron chi connectivity index (χ4n) is 3.16. The first kappa shape index (κ1) is 31.9. The van der Waals surface area contributed by atoms with Crippen LogP contribution in [0.3, 0.4) is 0 Å². The van der Waals surface area contributed by atoms with Gasteiger partial charge in [0.05, 0.1) is 6.61 Å². The topological polar surface area (TPSA) is 174 Å². The Morgan fingerprint density at radius 3 is 1.91 bits per heavy atom. The Bertz CT molecular complexity index is 627. The van der Waals surface area contributed by atoms with E-state index < -0.39 is 47.3 Å². The largest absolute Gasteiger partial charge is 0.397 e. The van der Waals surface area contributed by atoms with Gasteiger partial charge >= 0.3 is 10.4 Å². The minimum Gasteiger partial charge on any atom is -0.388 e. The van der Waals surface area contributed by atoms with Crippen molar-refractivity contribution in [3.63, 3.8) is 0 Å². The van der Waals surface area contributed by atoms with Gasteiger partial charge < -0.3 is 25.7 Å². The third kappa shape index (κ3) is 18.0. The SMILES string of the molecule is CCCCCCCC/C=C/CCCCCCNC(=O)[C@H](O)[C@@H](O)[C@H](O)[C@H](O)COS(=O)(=O)O. The van der Waals surface area contributed by atoms with Crippen LogP contribution in [0.5, 0.6) is 0 Å². The molecule has 10 nitrogen and oxygen atoms in total. The Balaban J connectivity index is 3.82. The summed E-state index contributed by atoms with van der Waals surface area (Å²) < 4.78 is 33.2. The number of carbonyl (C=O) groups excluding carboxylic acids is 1. The summed E-state index contributed by atoms with van der Waals surface area (Å²) in [6.07, 6.45) is 9.90. The molecule has 0 fully saturated rings. The highest BCUT2D eigenvalue weighted by molar-refractivity contribution is 7.80. The monoisotopic (exact) mass is 497 g/mol. The summed E-state index contributed by atoms with van der Waals surface area (Å²) in [6.45, 7) is 1.44. The number of aliphatic hydroxyl groups is 4. The van der Waals surface area contributed by atoms with E-state index in [2.05, 4.69) is 28.6 Å². The van der Waals surface area contributed by atoms with Crippen molar-refractivity contribution in [3.8, 4) is 0 Å². The molecule has 11 heteroatoms. The van der Waals surface area contributed by atoms with Gasteiger partial charge in [0.25, 0.3) is 5.91 Å². The van der Waals surface area contributed by atoms with Gasteiger partial charge in [-0.25, -0.2) is 4.18 Å². The fourth-order valence-corrected chi connectivity index (χ4v) is 3.47. The number of rotatable bonds is 21. The van der Waals surface area contributed by atoms with E-state index in [1.165, 1.54) is 38.5 Å². The molecule has 0 radical (unpaired) electrons. The van der Waals surface area contributed by atoms with Gasteiger partial charge in [-0.15, -0.1) is 0 Å². The smallest absolute Gasteiger partial charge is 0.388 e. The maximum Gasteiger partial charge on any atom is 0.397 e. The van der Waals surface area contributed by atoms with Crippen LogP contribution in [0.4, 0.5) is 0 Å². The van der Waals surface area contributed by atoms with E-state index in [-0.39, 0.29) is 6.54 Å². The molecule has 4 atom stereocenters. The zero-order valence-electron chi connectivity index (χ0n) is 19.6. The van der Waals surface area contributed by atoms with Crippen molar-refractivity contribution in [2.75, 3.05) is 13.2 Å². The number of allylic oxidation sites excluding steroid dienone is 2. The first-order chi connectivity index (χ1) is 15.6. The number of hydrogen-bond acceptors (Lipinski definition) is 8. The Labute approximate surface area is 198 Å². The summed E-state index contributed by atoms with van der Waals surface area (Å²) in [5, 5.41) is 41.3. The number of aliphatic hydroxyl groups excluding tert-OH is 4. The van der Waals surface area contributed by atoms with Crippen molar-refractivity contribution in [1.82, 2.24) is 5.32 Å². The average Bonchev–Trinajstić information content (AvgIpc) is 2.77. The van der Waals surface area contributed by atoms with E-state index in [4.69, 9.17) is 4.55 Å². The highest BCUT2D eigenvalue weighted by Crippen LogP contribution is 2.09. The van der Waals surface area contributed by atoms with Crippen LogP contribution < -0.4 is 5.32 Å². The van der Waals surface area contributed by atoms with Gasteiger partial charge in [-0.1, -0.05) is 64.0 Å². The van der Waals surface area contributed by atoms with Crippen LogP contribution in [-0.2, 0) is 19.4 Å². The van der Waals surface area contributed by atoms with E-state index in [0.717, 1.165) is 32.1 Å². The van der Waals surface area contributed by atoms with Crippen molar-refractivity contribution in [1.29, 1.82) is 0 Å². The summed E-state index contributed by atoms with van der Waals surface area (Å²) in [5.41, 5.74) is 0. The molecule has 6 N–H and O–H groups in total. The Kier molecular flexibility index (Phi) is 18.6. The summed E-state index contributed by atoms with van der Waals surface area (Å²) in [6, 6.07) is 0. The highest BCUT2D eigenvalue weighted by Gasteiger charge is 2.34. The van der Waals surface area contributed by atoms with Crippen LogP contribution in [-0.4, -0.2) is 76.9 Å². The Morgan fingerprint density at radius 2 is 1.36 bits per heavy atom. The van der Waals surface area contributed by atoms with E-state index in [9.17, 15) is 33.6 Å². The van der Waals surface area contributed by atoms with E-state index in [0.29, 0.717) is 6.42 Å². The van der Waals surface area contributed by atoms with E-state index >= 15 is 0 Å². The Morgan fingerprint density at radius 1 is 0.848 bits per heavy atom. The molecule has 0 aliphatic carbocycles. The van der Waals surface area contributed by atoms with Crippen LogP contribution in [0.1, 0.15) is 84.0 Å². The molecule has 0 spiro atoms. The standard InChI is InChI=1S/C22H43NO9S/c1-2-3-4-5-6-7-8-9-10-11-12-13-14-15-16-23-22(28)21(27)20(26)19(25)18(24)17-32-33(29,30)31/h9-10,18-21,24-27H,2-8,11-17H2,1H3,(H,23,28)(H,29,30,31)/b10-9+/t18-,19-,20+,21-/m1/s1. The molecule has 33 heavy (non-hydrogen) atoms. The van der Waals surface area contributed by atoms with Crippen molar-refractivity contribution in [2.24, 2.45) is 0 Å². The fraction of sp³-hybridized carbons (Fsp3) is 0.864. The Hall–Kier alpha value is -1.08. The lowest BCUT2D eigenvalue weighted by Gasteiger charge is -2.25. The van der Waals surface area contributed by atoms with Crippen LogP contribution in [0, 0.1) is 0 Å². The molecule has 0 saturated carbocycles. The van der Waals surface area contributed by atoms with Gasteiger partial charge in [-0.05, 0) is 32.1 Å². The molecule has 0 heterocycles. The molecule has 0 bridgehead atoms. The van der Waals surface area contributed by atoms with E-state index in [1.54, 1.807) is 0 Å². The van der Waals surface area contributed by atoms with Gasteiger partial charge in [0, 0.05) is 6.54 Å². The number of hydrogen-bond donors (Lipinski definition) is 6. The first-order valence-electron chi connectivity index (χ1n) is 11.9. The first-order valence-corrected chi connectivity index (χ1v) is 13.2. The molecular weight excluding hydrogens is 454 g/mol. The van der Waals surface area contributed by atoms with Crippen LogP contribution in [0.2, 0.25) is 0 Å². The van der Waals surface area contributed by atoms with Gasteiger partial charge in [0.2, 0.25) is 0 Å². The molecule has 0 unspecified atom stereocenters.